The van der Waals surface area contributed by atoms with Crippen molar-refractivity contribution in [2.24, 2.45) is 0 Å². The number of aromatic nitrogens is 3. The topological polar surface area (TPSA) is 69.5 Å². The minimum Gasteiger partial charge on any atom is -0.486 e. The van der Waals surface area contributed by atoms with Gasteiger partial charge in [-0.2, -0.15) is 0 Å². The van der Waals surface area contributed by atoms with Gasteiger partial charge in [-0.3, -0.25) is 9.69 Å². The molecule has 1 aliphatic rings. The summed E-state index contributed by atoms with van der Waals surface area (Å²) >= 11 is 1.56. The third-order valence-corrected chi connectivity index (χ3v) is 6.77. The lowest BCUT2D eigenvalue weighted by Gasteiger charge is -2.22. The number of hydrogen-bond donors (Lipinski definition) is 0. The lowest BCUT2D eigenvalue weighted by molar-refractivity contribution is 0.0985. The molecule has 164 valence electrons. The maximum Gasteiger partial charge on any atom is 0.260 e. The highest BCUT2D eigenvalue weighted by atomic mass is 32.1. The highest BCUT2D eigenvalue weighted by Crippen LogP contribution is 2.35. The van der Waals surface area contributed by atoms with E-state index < -0.39 is 0 Å². The van der Waals surface area contributed by atoms with Crippen molar-refractivity contribution in [1.82, 2.24) is 14.5 Å². The normalized spacial score (nSPS) is 12.8. The van der Waals surface area contributed by atoms with E-state index in [0.717, 1.165) is 28.7 Å². The molecule has 5 rings (SSSR count). The van der Waals surface area contributed by atoms with Gasteiger partial charge in [-0.15, -0.1) is 0 Å². The van der Waals surface area contributed by atoms with Crippen LogP contribution in [0.4, 0.5) is 5.13 Å². The number of benzene rings is 2. The number of hydrogen-bond acceptors (Lipinski definition) is 6. The summed E-state index contributed by atoms with van der Waals surface area (Å²) in [5.41, 5.74) is 3.79. The van der Waals surface area contributed by atoms with Crippen LogP contribution in [0.2, 0.25) is 0 Å². The number of nitrogens with zero attached hydrogens (tertiary/aromatic N) is 4. The first kappa shape index (κ1) is 20.5. The number of rotatable bonds is 6. The second kappa shape index (κ2) is 8.63. The first-order valence-electron chi connectivity index (χ1n) is 10.6. The molecule has 0 saturated carbocycles. The fourth-order valence-electron chi connectivity index (χ4n) is 3.81. The molecule has 4 aromatic rings. The smallest absolute Gasteiger partial charge is 0.260 e. The molecule has 2 aromatic heterocycles. The van der Waals surface area contributed by atoms with Crippen molar-refractivity contribution in [3.8, 4) is 11.5 Å². The second-order valence-electron chi connectivity index (χ2n) is 7.84. The van der Waals surface area contributed by atoms with Gasteiger partial charge >= 0.3 is 0 Å². The molecule has 0 saturated heterocycles. The predicted molar refractivity (Wildman–Crippen MR) is 125 cm³/mol. The van der Waals surface area contributed by atoms with Crippen molar-refractivity contribution in [3.63, 3.8) is 0 Å². The summed E-state index contributed by atoms with van der Waals surface area (Å²) in [6.07, 6.45) is 6.26. The number of amides is 1. The lowest BCUT2D eigenvalue weighted by atomic mass is 10.1. The van der Waals surface area contributed by atoms with Crippen molar-refractivity contribution in [3.05, 3.63) is 65.7 Å². The Morgan fingerprint density at radius 3 is 2.72 bits per heavy atom. The Labute approximate surface area is 190 Å². The summed E-state index contributed by atoms with van der Waals surface area (Å²) in [4.78, 5) is 24.4. The van der Waals surface area contributed by atoms with Gasteiger partial charge in [0.25, 0.3) is 5.91 Å². The Morgan fingerprint density at radius 2 is 1.94 bits per heavy atom. The van der Waals surface area contributed by atoms with Crippen LogP contribution >= 0.6 is 11.3 Å². The zero-order valence-corrected chi connectivity index (χ0v) is 18.9. The molecule has 0 bridgehead atoms. The lowest BCUT2D eigenvalue weighted by Crippen LogP contribution is -2.32. The van der Waals surface area contributed by atoms with Crippen LogP contribution < -0.4 is 14.4 Å². The summed E-state index contributed by atoms with van der Waals surface area (Å²) < 4.78 is 14.4. The third kappa shape index (κ3) is 3.93. The largest absolute Gasteiger partial charge is 0.486 e. The zero-order chi connectivity index (χ0) is 22.1. The van der Waals surface area contributed by atoms with Gasteiger partial charge in [0.15, 0.2) is 16.6 Å². The number of carbonyl (C=O) groups is 1. The van der Waals surface area contributed by atoms with Crippen LogP contribution in [-0.2, 0) is 6.54 Å². The van der Waals surface area contributed by atoms with Gasteiger partial charge in [-0.05, 0) is 49.6 Å². The van der Waals surface area contributed by atoms with E-state index in [-0.39, 0.29) is 5.91 Å². The third-order valence-electron chi connectivity index (χ3n) is 5.55. The molecule has 3 heterocycles. The minimum absolute atomic E-state index is 0.0954. The Morgan fingerprint density at radius 1 is 1.12 bits per heavy atom. The molecular formula is C24H24N4O3S. The molecule has 2 aromatic carbocycles. The molecule has 0 radical (unpaired) electrons. The summed E-state index contributed by atoms with van der Waals surface area (Å²) in [6.45, 7) is 6.45. The Bertz CT molecular complexity index is 1230. The molecule has 1 aliphatic heterocycles. The molecular weight excluding hydrogens is 424 g/mol. The van der Waals surface area contributed by atoms with E-state index in [4.69, 9.17) is 14.5 Å². The van der Waals surface area contributed by atoms with Crippen LogP contribution in [0.1, 0.15) is 27.9 Å². The predicted octanol–water partition coefficient (Wildman–Crippen LogP) is 4.62. The highest BCUT2D eigenvalue weighted by Gasteiger charge is 2.24. The van der Waals surface area contributed by atoms with Gasteiger partial charge in [0.1, 0.15) is 13.2 Å². The number of aryl methyl sites for hydroxylation is 3. The van der Waals surface area contributed by atoms with Gasteiger partial charge in [0.05, 0.1) is 16.5 Å². The summed E-state index contributed by atoms with van der Waals surface area (Å²) in [5.74, 6) is 1.18. The molecule has 0 fully saturated rings. The van der Waals surface area contributed by atoms with Crippen molar-refractivity contribution >= 4 is 32.6 Å². The van der Waals surface area contributed by atoms with Gasteiger partial charge < -0.3 is 14.0 Å². The van der Waals surface area contributed by atoms with Crippen molar-refractivity contribution in [2.75, 3.05) is 24.7 Å². The average molecular weight is 449 g/mol. The minimum atomic E-state index is -0.0954. The van der Waals surface area contributed by atoms with E-state index in [1.807, 2.05) is 10.8 Å². The first-order chi connectivity index (χ1) is 15.6. The summed E-state index contributed by atoms with van der Waals surface area (Å²) in [5, 5.41) is 0.711. The highest BCUT2D eigenvalue weighted by molar-refractivity contribution is 7.22. The second-order valence-corrected chi connectivity index (χ2v) is 8.82. The molecule has 0 unspecified atom stereocenters. The Kier molecular flexibility index (Phi) is 5.53. The van der Waals surface area contributed by atoms with E-state index in [2.05, 4.69) is 31.0 Å². The van der Waals surface area contributed by atoms with Crippen LogP contribution in [0.5, 0.6) is 11.5 Å². The maximum atomic E-state index is 13.6. The fourth-order valence-corrected chi connectivity index (χ4v) is 4.95. The number of imidazole rings is 1. The van der Waals surface area contributed by atoms with E-state index in [1.165, 1.54) is 5.56 Å². The van der Waals surface area contributed by atoms with Crippen molar-refractivity contribution < 1.29 is 14.3 Å². The van der Waals surface area contributed by atoms with Crippen LogP contribution in [0.3, 0.4) is 0 Å². The Hall–Kier alpha value is -3.39. The standard InChI is InChI=1S/C24H24N4O3S/c1-16-4-5-17(2)22-21(16)26-24(32-22)28(10-3-9-27-11-8-25-15-27)23(29)18-6-7-19-20(14-18)31-13-12-30-19/h4-8,11,14-15H,3,9-10,12-13H2,1-2H3. The number of fused-ring (bicyclic) bond motifs is 2. The quantitative estimate of drug-likeness (QED) is 0.431. The number of ether oxygens (including phenoxy) is 2. The molecule has 32 heavy (non-hydrogen) atoms. The average Bonchev–Trinajstić information content (AvgIpc) is 3.49. The number of thiazole rings is 1. The van der Waals surface area contributed by atoms with Crippen LogP contribution in [0, 0.1) is 13.8 Å². The van der Waals surface area contributed by atoms with E-state index in [1.54, 1.807) is 47.0 Å². The van der Waals surface area contributed by atoms with E-state index in [0.29, 0.717) is 42.0 Å². The first-order valence-corrected chi connectivity index (χ1v) is 11.5. The molecule has 7 nitrogen and oxygen atoms in total. The monoisotopic (exact) mass is 448 g/mol. The molecule has 0 aliphatic carbocycles. The molecule has 1 amide bonds. The van der Waals surface area contributed by atoms with Crippen molar-refractivity contribution in [2.45, 2.75) is 26.8 Å². The van der Waals surface area contributed by atoms with Crippen LogP contribution in [0.25, 0.3) is 10.2 Å². The molecule has 0 N–H and O–H groups in total. The van der Waals surface area contributed by atoms with Crippen LogP contribution in [-0.4, -0.2) is 40.2 Å². The fraction of sp³-hybridized carbons (Fsp3) is 0.292. The van der Waals surface area contributed by atoms with Gasteiger partial charge in [0.2, 0.25) is 0 Å². The maximum absolute atomic E-state index is 13.6. The van der Waals surface area contributed by atoms with E-state index in [9.17, 15) is 4.79 Å². The number of anilines is 1. The zero-order valence-electron chi connectivity index (χ0n) is 18.1. The van der Waals surface area contributed by atoms with Crippen molar-refractivity contribution in [1.29, 1.82) is 0 Å². The van der Waals surface area contributed by atoms with Gasteiger partial charge in [-0.25, -0.2) is 9.97 Å². The van der Waals surface area contributed by atoms with Crippen LogP contribution in [0.15, 0.2) is 49.1 Å². The van der Waals surface area contributed by atoms with Gasteiger partial charge in [0, 0.05) is 31.0 Å². The number of carbonyl (C=O) groups excluding carboxylic acids is 1. The SMILES string of the molecule is Cc1ccc(C)c2sc(N(CCCn3ccnc3)C(=O)c3ccc4c(c3)OCCO4)nc12. The Balaban J connectivity index is 1.48. The molecule has 0 atom stereocenters. The summed E-state index contributed by atoms with van der Waals surface area (Å²) in [7, 11) is 0. The van der Waals surface area contributed by atoms with Gasteiger partial charge in [-0.1, -0.05) is 23.5 Å². The molecule has 0 spiro atoms. The summed E-state index contributed by atoms with van der Waals surface area (Å²) in [6, 6.07) is 9.54. The molecule has 8 heteroatoms. The van der Waals surface area contributed by atoms with E-state index >= 15 is 0 Å².